The van der Waals surface area contributed by atoms with Gasteiger partial charge in [0.05, 0.1) is 18.2 Å². The number of nitrogens with one attached hydrogen (secondary N) is 1. The number of hydrogen-bond donors (Lipinski definition) is 1. The Kier molecular flexibility index (Phi) is 4.89. The summed E-state index contributed by atoms with van der Waals surface area (Å²) >= 11 is 0. The number of benzene rings is 1. The molecule has 0 aliphatic heterocycles. The molecule has 0 atom stereocenters. The molecule has 0 fully saturated rings. The van der Waals surface area contributed by atoms with Crippen molar-refractivity contribution in [2.45, 2.75) is 13.5 Å². The summed E-state index contributed by atoms with van der Waals surface area (Å²) in [6.45, 7) is 2.74. The van der Waals surface area contributed by atoms with Crippen LogP contribution in [0.2, 0.25) is 0 Å². The molecule has 1 amide bonds. The summed E-state index contributed by atoms with van der Waals surface area (Å²) in [5, 5.41) is 11.5. The number of pyridine rings is 1. The summed E-state index contributed by atoms with van der Waals surface area (Å²) < 4.78 is 5.41. The van der Waals surface area contributed by atoms with Gasteiger partial charge < -0.3 is 10.1 Å². The fraction of sp³-hybridized carbons (Fsp3) is 0.188. The van der Waals surface area contributed by atoms with Gasteiger partial charge >= 0.3 is 0 Å². The summed E-state index contributed by atoms with van der Waals surface area (Å²) in [5.74, 6) is 0.325. The van der Waals surface area contributed by atoms with Crippen LogP contribution in [0.25, 0.3) is 0 Å². The lowest BCUT2D eigenvalue weighted by Crippen LogP contribution is -2.23. The number of hydrogen-bond acceptors (Lipinski definition) is 4. The monoisotopic (exact) mass is 281 g/mol. The molecular weight excluding hydrogens is 266 g/mol. The predicted octanol–water partition coefficient (Wildman–Crippen LogP) is 2.28. The lowest BCUT2D eigenvalue weighted by atomic mass is 10.1. The Labute approximate surface area is 123 Å². The van der Waals surface area contributed by atoms with Crippen LogP contribution in [0.15, 0.2) is 42.6 Å². The fourth-order valence-corrected chi connectivity index (χ4v) is 1.80. The number of carbonyl (C=O) groups is 1. The number of nitrogens with zero attached hydrogens (tertiary/aromatic N) is 2. The lowest BCUT2D eigenvalue weighted by Gasteiger charge is -2.09. The van der Waals surface area contributed by atoms with Crippen LogP contribution < -0.4 is 10.1 Å². The molecule has 0 aliphatic carbocycles. The Hall–Kier alpha value is -2.87. The molecule has 106 valence electrons. The van der Waals surface area contributed by atoms with Gasteiger partial charge in [0.25, 0.3) is 5.91 Å². The molecule has 21 heavy (non-hydrogen) atoms. The van der Waals surface area contributed by atoms with Gasteiger partial charge in [-0.15, -0.1) is 0 Å². The Morgan fingerprint density at radius 1 is 1.33 bits per heavy atom. The first-order valence-electron chi connectivity index (χ1n) is 6.59. The van der Waals surface area contributed by atoms with Crippen LogP contribution in [0, 0.1) is 11.3 Å². The second kappa shape index (κ2) is 7.06. The van der Waals surface area contributed by atoms with Gasteiger partial charge in [0.2, 0.25) is 5.88 Å². The van der Waals surface area contributed by atoms with E-state index in [1.807, 2.05) is 19.1 Å². The van der Waals surface area contributed by atoms with E-state index in [9.17, 15) is 4.79 Å². The number of amides is 1. The molecule has 0 saturated heterocycles. The fourth-order valence-electron chi connectivity index (χ4n) is 1.80. The second-order valence-electron chi connectivity index (χ2n) is 4.27. The van der Waals surface area contributed by atoms with E-state index in [4.69, 9.17) is 10.00 Å². The normalized spacial score (nSPS) is 9.71. The molecule has 0 bridgehead atoms. The van der Waals surface area contributed by atoms with Crippen LogP contribution in [-0.4, -0.2) is 17.5 Å². The number of rotatable bonds is 5. The van der Waals surface area contributed by atoms with Crippen molar-refractivity contribution in [2.75, 3.05) is 6.61 Å². The Morgan fingerprint density at radius 3 is 2.76 bits per heavy atom. The van der Waals surface area contributed by atoms with Crippen LogP contribution >= 0.6 is 0 Å². The van der Waals surface area contributed by atoms with Crippen molar-refractivity contribution in [1.29, 1.82) is 5.26 Å². The second-order valence-corrected chi connectivity index (χ2v) is 4.27. The van der Waals surface area contributed by atoms with E-state index >= 15 is 0 Å². The first kappa shape index (κ1) is 14.5. The maximum absolute atomic E-state index is 12.0. The van der Waals surface area contributed by atoms with Crippen molar-refractivity contribution in [2.24, 2.45) is 0 Å². The van der Waals surface area contributed by atoms with Gasteiger partial charge in [-0.05, 0) is 37.3 Å². The first-order valence-corrected chi connectivity index (χ1v) is 6.59. The maximum Gasteiger partial charge on any atom is 0.251 e. The third-order valence-electron chi connectivity index (χ3n) is 2.85. The average Bonchev–Trinajstić information content (AvgIpc) is 2.54. The summed E-state index contributed by atoms with van der Waals surface area (Å²) in [4.78, 5) is 16.2. The lowest BCUT2D eigenvalue weighted by molar-refractivity contribution is 0.0950. The molecule has 0 unspecified atom stereocenters. The molecule has 1 aromatic carbocycles. The summed E-state index contributed by atoms with van der Waals surface area (Å²) in [6, 6.07) is 12.2. The highest BCUT2D eigenvalue weighted by Gasteiger charge is 2.08. The van der Waals surface area contributed by atoms with E-state index in [2.05, 4.69) is 10.3 Å². The Balaban J connectivity index is 2.02. The third-order valence-corrected chi connectivity index (χ3v) is 2.85. The van der Waals surface area contributed by atoms with Crippen molar-refractivity contribution in [3.05, 3.63) is 59.3 Å². The van der Waals surface area contributed by atoms with Gasteiger partial charge in [0.1, 0.15) is 0 Å². The van der Waals surface area contributed by atoms with Gasteiger partial charge in [0, 0.05) is 23.9 Å². The quantitative estimate of drug-likeness (QED) is 0.912. The highest BCUT2D eigenvalue weighted by atomic mass is 16.5. The molecule has 5 heteroatoms. The van der Waals surface area contributed by atoms with Gasteiger partial charge in [0.15, 0.2) is 0 Å². The van der Waals surface area contributed by atoms with E-state index in [1.54, 1.807) is 36.5 Å². The minimum Gasteiger partial charge on any atom is -0.478 e. The smallest absolute Gasteiger partial charge is 0.251 e. The van der Waals surface area contributed by atoms with Gasteiger partial charge in [-0.1, -0.05) is 6.07 Å². The van der Waals surface area contributed by atoms with Crippen molar-refractivity contribution in [1.82, 2.24) is 10.3 Å². The van der Waals surface area contributed by atoms with E-state index in [1.165, 1.54) is 0 Å². The molecule has 2 aromatic rings. The molecule has 0 radical (unpaired) electrons. The molecule has 1 aromatic heterocycles. The van der Waals surface area contributed by atoms with Crippen molar-refractivity contribution in [3.63, 3.8) is 0 Å². The zero-order valence-electron chi connectivity index (χ0n) is 11.7. The highest BCUT2D eigenvalue weighted by Crippen LogP contribution is 2.14. The number of nitriles is 1. The third kappa shape index (κ3) is 3.80. The Morgan fingerprint density at radius 2 is 2.10 bits per heavy atom. The van der Waals surface area contributed by atoms with Crippen LogP contribution in [-0.2, 0) is 6.54 Å². The summed E-state index contributed by atoms with van der Waals surface area (Å²) in [6.07, 6.45) is 1.65. The number of aromatic nitrogens is 1. The van der Waals surface area contributed by atoms with Crippen molar-refractivity contribution < 1.29 is 9.53 Å². The SMILES string of the molecule is CCOc1ncccc1CNC(=O)c1ccc(C#N)cc1. The molecule has 2 rings (SSSR count). The topological polar surface area (TPSA) is 75.0 Å². The van der Waals surface area contributed by atoms with Crippen LogP contribution in [0.1, 0.15) is 28.4 Å². The van der Waals surface area contributed by atoms with Crippen molar-refractivity contribution >= 4 is 5.91 Å². The largest absolute Gasteiger partial charge is 0.478 e. The standard InChI is InChI=1S/C16H15N3O2/c1-2-21-16-14(4-3-9-18-16)11-19-15(20)13-7-5-12(10-17)6-8-13/h3-9H,2,11H2,1H3,(H,19,20). The van der Waals surface area contributed by atoms with E-state index < -0.39 is 0 Å². The number of ether oxygens (including phenoxy) is 1. The molecule has 0 spiro atoms. The summed E-state index contributed by atoms with van der Waals surface area (Å²) in [5.41, 5.74) is 1.86. The van der Waals surface area contributed by atoms with E-state index in [0.717, 1.165) is 5.56 Å². The molecule has 0 aliphatic rings. The molecule has 5 nitrogen and oxygen atoms in total. The minimum atomic E-state index is -0.203. The van der Waals surface area contributed by atoms with Crippen LogP contribution in [0.3, 0.4) is 0 Å². The van der Waals surface area contributed by atoms with Crippen LogP contribution in [0.5, 0.6) is 5.88 Å². The van der Waals surface area contributed by atoms with E-state index in [0.29, 0.717) is 30.2 Å². The zero-order chi connectivity index (χ0) is 15.1. The van der Waals surface area contributed by atoms with Gasteiger partial charge in [-0.3, -0.25) is 4.79 Å². The Bertz CT molecular complexity index is 660. The van der Waals surface area contributed by atoms with Gasteiger partial charge in [-0.25, -0.2) is 4.98 Å². The first-order chi connectivity index (χ1) is 10.2. The van der Waals surface area contributed by atoms with E-state index in [-0.39, 0.29) is 5.91 Å². The van der Waals surface area contributed by atoms with Gasteiger partial charge in [-0.2, -0.15) is 5.26 Å². The predicted molar refractivity (Wildman–Crippen MR) is 77.7 cm³/mol. The number of carbonyl (C=O) groups excluding carboxylic acids is 1. The van der Waals surface area contributed by atoms with Crippen molar-refractivity contribution in [3.8, 4) is 11.9 Å². The van der Waals surface area contributed by atoms with Crippen LogP contribution in [0.4, 0.5) is 0 Å². The molecule has 1 N–H and O–H groups in total. The molecular formula is C16H15N3O2. The average molecular weight is 281 g/mol. The molecule has 0 saturated carbocycles. The zero-order valence-corrected chi connectivity index (χ0v) is 11.7. The summed E-state index contributed by atoms with van der Waals surface area (Å²) in [7, 11) is 0. The molecule has 1 heterocycles. The minimum absolute atomic E-state index is 0.203. The maximum atomic E-state index is 12.0. The highest BCUT2D eigenvalue weighted by molar-refractivity contribution is 5.94.